The van der Waals surface area contributed by atoms with E-state index in [4.69, 9.17) is 9.84 Å². The standard InChI is InChI=1S/C14H16O3/c15-14(16)10-7-11-5-8-13(9-6-11)17-12-3-1-2-4-12/h5-10,12H,1-4H2,(H,15,16)/b10-7+. The molecular weight excluding hydrogens is 216 g/mol. The van der Waals surface area contributed by atoms with E-state index in [1.807, 2.05) is 24.3 Å². The number of benzene rings is 1. The molecule has 1 fully saturated rings. The number of hydrogen-bond acceptors (Lipinski definition) is 2. The first-order valence-electron chi connectivity index (χ1n) is 5.92. The van der Waals surface area contributed by atoms with Crippen LogP contribution in [0.4, 0.5) is 0 Å². The molecule has 1 aliphatic carbocycles. The van der Waals surface area contributed by atoms with Crippen LogP contribution in [-0.4, -0.2) is 17.2 Å². The van der Waals surface area contributed by atoms with E-state index in [0.29, 0.717) is 6.10 Å². The lowest BCUT2D eigenvalue weighted by Crippen LogP contribution is -2.10. The molecule has 0 amide bonds. The summed E-state index contributed by atoms with van der Waals surface area (Å²) in [5, 5.41) is 8.51. The Bertz CT molecular complexity index is 400. The Balaban J connectivity index is 1.95. The van der Waals surface area contributed by atoms with Crippen LogP contribution in [0, 0.1) is 0 Å². The van der Waals surface area contributed by atoms with Gasteiger partial charge in [0.1, 0.15) is 5.75 Å². The zero-order chi connectivity index (χ0) is 12.1. The van der Waals surface area contributed by atoms with E-state index in [9.17, 15) is 4.79 Å². The van der Waals surface area contributed by atoms with Crippen molar-refractivity contribution in [3.63, 3.8) is 0 Å². The summed E-state index contributed by atoms with van der Waals surface area (Å²) in [4.78, 5) is 10.4. The molecule has 1 N–H and O–H groups in total. The highest BCUT2D eigenvalue weighted by Crippen LogP contribution is 2.24. The normalized spacial score (nSPS) is 16.5. The van der Waals surface area contributed by atoms with E-state index in [2.05, 4.69) is 0 Å². The highest BCUT2D eigenvalue weighted by atomic mass is 16.5. The molecule has 0 atom stereocenters. The Kier molecular flexibility index (Phi) is 3.81. The topological polar surface area (TPSA) is 46.5 Å². The third-order valence-electron chi connectivity index (χ3n) is 2.90. The summed E-state index contributed by atoms with van der Waals surface area (Å²) in [6, 6.07) is 7.51. The summed E-state index contributed by atoms with van der Waals surface area (Å²) in [6.07, 6.45) is 7.85. The summed E-state index contributed by atoms with van der Waals surface area (Å²) >= 11 is 0. The Morgan fingerprint density at radius 3 is 2.47 bits per heavy atom. The molecule has 0 radical (unpaired) electrons. The van der Waals surface area contributed by atoms with Crippen molar-refractivity contribution in [3.8, 4) is 5.75 Å². The van der Waals surface area contributed by atoms with Gasteiger partial charge in [0.15, 0.2) is 0 Å². The third kappa shape index (κ3) is 3.63. The van der Waals surface area contributed by atoms with Gasteiger partial charge in [-0.05, 0) is 49.5 Å². The van der Waals surface area contributed by atoms with Crippen molar-refractivity contribution in [3.05, 3.63) is 35.9 Å². The molecule has 1 aromatic rings. The molecule has 0 unspecified atom stereocenters. The van der Waals surface area contributed by atoms with Crippen LogP contribution in [-0.2, 0) is 4.79 Å². The van der Waals surface area contributed by atoms with E-state index >= 15 is 0 Å². The van der Waals surface area contributed by atoms with Crippen LogP contribution in [0.15, 0.2) is 30.3 Å². The molecule has 90 valence electrons. The van der Waals surface area contributed by atoms with Crippen molar-refractivity contribution in [1.82, 2.24) is 0 Å². The van der Waals surface area contributed by atoms with Crippen molar-refractivity contribution in [2.75, 3.05) is 0 Å². The minimum Gasteiger partial charge on any atom is -0.490 e. The number of carbonyl (C=O) groups is 1. The van der Waals surface area contributed by atoms with Crippen LogP contribution in [0.5, 0.6) is 5.75 Å². The molecular formula is C14H16O3. The smallest absolute Gasteiger partial charge is 0.328 e. The lowest BCUT2D eigenvalue weighted by molar-refractivity contribution is -0.131. The Morgan fingerprint density at radius 2 is 1.88 bits per heavy atom. The average Bonchev–Trinajstić information content (AvgIpc) is 2.81. The van der Waals surface area contributed by atoms with Gasteiger partial charge < -0.3 is 9.84 Å². The zero-order valence-electron chi connectivity index (χ0n) is 9.63. The Morgan fingerprint density at radius 1 is 1.24 bits per heavy atom. The van der Waals surface area contributed by atoms with Crippen LogP contribution < -0.4 is 4.74 Å². The minimum absolute atomic E-state index is 0.357. The van der Waals surface area contributed by atoms with Crippen molar-refractivity contribution < 1.29 is 14.6 Å². The Hall–Kier alpha value is -1.77. The largest absolute Gasteiger partial charge is 0.490 e. The maximum absolute atomic E-state index is 10.4. The fourth-order valence-corrected chi connectivity index (χ4v) is 2.02. The second-order valence-electron chi connectivity index (χ2n) is 4.26. The van der Waals surface area contributed by atoms with Gasteiger partial charge in [-0.3, -0.25) is 0 Å². The lowest BCUT2D eigenvalue weighted by atomic mass is 10.2. The van der Waals surface area contributed by atoms with Crippen LogP contribution in [0.25, 0.3) is 6.08 Å². The van der Waals surface area contributed by atoms with Crippen LogP contribution >= 0.6 is 0 Å². The predicted molar refractivity (Wildman–Crippen MR) is 66.0 cm³/mol. The average molecular weight is 232 g/mol. The molecule has 17 heavy (non-hydrogen) atoms. The van der Waals surface area contributed by atoms with Gasteiger partial charge in [0.05, 0.1) is 6.10 Å². The quantitative estimate of drug-likeness (QED) is 0.811. The van der Waals surface area contributed by atoms with Crippen LogP contribution in [0.1, 0.15) is 31.2 Å². The van der Waals surface area contributed by atoms with Gasteiger partial charge in [-0.25, -0.2) is 4.79 Å². The predicted octanol–water partition coefficient (Wildman–Crippen LogP) is 3.11. The molecule has 1 aliphatic rings. The number of carboxylic acids is 1. The minimum atomic E-state index is -0.934. The van der Waals surface area contributed by atoms with E-state index in [-0.39, 0.29) is 0 Å². The first-order chi connectivity index (χ1) is 8.24. The van der Waals surface area contributed by atoms with Crippen molar-refractivity contribution >= 4 is 12.0 Å². The van der Waals surface area contributed by atoms with Gasteiger partial charge in [0, 0.05) is 6.08 Å². The summed E-state index contributed by atoms with van der Waals surface area (Å²) in [7, 11) is 0. The summed E-state index contributed by atoms with van der Waals surface area (Å²) in [5.41, 5.74) is 0.867. The second kappa shape index (κ2) is 5.53. The molecule has 0 aliphatic heterocycles. The molecule has 3 nitrogen and oxygen atoms in total. The van der Waals surface area contributed by atoms with E-state index in [0.717, 1.165) is 30.2 Å². The van der Waals surface area contributed by atoms with E-state index < -0.39 is 5.97 Å². The number of hydrogen-bond donors (Lipinski definition) is 1. The first-order valence-corrected chi connectivity index (χ1v) is 5.92. The van der Waals surface area contributed by atoms with Gasteiger partial charge in [-0.1, -0.05) is 12.1 Å². The Labute approximate surface area is 101 Å². The van der Waals surface area contributed by atoms with Gasteiger partial charge in [0.25, 0.3) is 0 Å². The molecule has 3 heteroatoms. The van der Waals surface area contributed by atoms with Crippen molar-refractivity contribution in [2.45, 2.75) is 31.8 Å². The fraction of sp³-hybridized carbons (Fsp3) is 0.357. The maximum atomic E-state index is 10.4. The SMILES string of the molecule is O=C(O)/C=C/c1ccc(OC2CCCC2)cc1. The van der Waals surface area contributed by atoms with Gasteiger partial charge in [0.2, 0.25) is 0 Å². The molecule has 0 aromatic heterocycles. The third-order valence-corrected chi connectivity index (χ3v) is 2.90. The van der Waals surface area contributed by atoms with Crippen molar-refractivity contribution in [1.29, 1.82) is 0 Å². The lowest BCUT2D eigenvalue weighted by Gasteiger charge is -2.12. The number of aliphatic carboxylic acids is 1. The van der Waals surface area contributed by atoms with Crippen LogP contribution in [0.2, 0.25) is 0 Å². The summed E-state index contributed by atoms with van der Waals surface area (Å²) < 4.78 is 5.82. The van der Waals surface area contributed by atoms with E-state index in [1.54, 1.807) is 6.08 Å². The highest BCUT2D eigenvalue weighted by Gasteiger charge is 2.15. The van der Waals surface area contributed by atoms with E-state index in [1.165, 1.54) is 12.8 Å². The highest BCUT2D eigenvalue weighted by molar-refractivity contribution is 5.85. The van der Waals surface area contributed by atoms with Crippen molar-refractivity contribution in [2.24, 2.45) is 0 Å². The number of rotatable bonds is 4. The number of ether oxygens (including phenoxy) is 1. The second-order valence-corrected chi connectivity index (χ2v) is 4.26. The zero-order valence-corrected chi connectivity index (χ0v) is 9.63. The fourth-order valence-electron chi connectivity index (χ4n) is 2.02. The molecule has 1 aromatic carbocycles. The molecule has 2 rings (SSSR count). The summed E-state index contributed by atoms with van der Waals surface area (Å²) in [5.74, 6) is -0.0688. The number of carboxylic acid groups (broad SMARTS) is 1. The monoisotopic (exact) mass is 232 g/mol. The first kappa shape index (κ1) is 11.7. The summed E-state index contributed by atoms with van der Waals surface area (Å²) in [6.45, 7) is 0. The van der Waals surface area contributed by atoms with Gasteiger partial charge in [-0.15, -0.1) is 0 Å². The molecule has 1 saturated carbocycles. The molecule has 0 bridgehead atoms. The van der Waals surface area contributed by atoms with Crippen LogP contribution in [0.3, 0.4) is 0 Å². The molecule has 0 spiro atoms. The van der Waals surface area contributed by atoms with Gasteiger partial charge >= 0.3 is 5.97 Å². The molecule has 0 heterocycles. The molecule has 0 saturated heterocycles. The maximum Gasteiger partial charge on any atom is 0.328 e. The van der Waals surface area contributed by atoms with Gasteiger partial charge in [-0.2, -0.15) is 0 Å².